The van der Waals surface area contributed by atoms with E-state index in [1.165, 1.54) is 30.7 Å². The summed E-state index contributed by atoms with van der Waals surface area (Å²) in [5.41, 5.74) is 0.740. The Hall–Kier alpha value is -0.980. The van der Waals surface area contributed by atoms with Gasteiger partial charge in [0.2, 0.25) is 0 Å². The molecule has 0 spiro atoms. The van der Waals surface area contributed by atoms with Crippen LogP contribution >= 0.6 is 11.3 Å². The predicted octanol–water partition coefficient (Wildman–Crippen LogP) is 1.63. The van der Waals surface area contributed by atoms with Gasteiger partial charge in [-0.3, -0.25) is 4.79 Å². The first-order valence-electron chi connectivity index (χ1n) is 6.51. The fourth-order valence-corrected chi connectivity index (χ4v) is 3.30. The Bertz CT molecular complexity index is 436. The first-order chi connectivity index (χ1) is 9.15. The molecule has 106 valence electrons. The minimum atomic E-state index is 0.391. The van der Waals surface area contributed by atoms with Gasteiger partial charge in [0.05, 0.1) is 17.2 Å². The topological polar surface area (TPSA) is 45.7 Å². The first kappa shape index (κ1) is 14.4. The molecule has 0 N–H and O–H groups in total. The average Bonchev–Trinajstić information content (AvgIpc) is 2.97. The molecule has 1 unspecified atom stereocenters. The van der Waals surface area contributed by atoms with E-state index in [1.54, 1.807) is 7.11 Å². The van der Waals surface area contributed by atoms with Crippen molar-refractivity contribution in [3.63, 3.8) is 0 Å². The zero-order valence-corrected chi connectivity index (χ0v) is 12.6. The number of thiazole rings is 1. The number of hydrogen-bond acceptors (Lipinski definition) is 6. The number of aldehydes is 1. The van der Waals surface area contributed by atoms with Gasteiger partial charge < -0.3 is 14.5 Å². The highest BCUT2D eigenvalue weighted by molar-refractivity contribution is 7.17. The zero-order valence-electron chi connectivity index (χ0n) is 11.8. The standard InChI is InChI=1S/C13H21N3O2S/c1-15-6-4-5-10(15)7-16(2)13-14-11(9-18-3)12(8-17)19-13/h8,10H,4-7,9H2,1-3H3. The Morgan fingerprint density at radius 2 is 2.42 bits per heavy atom. The van der Waals surface area contributed by atoms with Gasteiger partial charge in [-0.05, 0) is 26.4 Å². The summed E-state index contributed by atoms with van der Waals surface area (Å²) in [7, 11) is 5.82. The first-order valence-corrected chi connectivity index (χ1v) is 7.32. The maximum absolute atomic E-state index is 11.0. The summed E-state index contributed by atoms with van der Waals surface area (Å²) in [6.07, 6.45) is 3.37. The number of hydrogen-bond donors (Lipinski definition) is 0. The molecule has 0 bridgehead atoms. The lowest BCUT2D eigenvalue weighted by Gasteiger charge is -2.25. The maximum Gasteiger partial charge on any atom is 0.186 e. The van der Waals surface area contributed by atoms with Crippen LogP contribution in [0.25, 0.3) is 0 Å². The highest BCUT2D eigenvalue weighted by atomic mass is 32.1. The van der Waals surface area contributed by atoms with Crippen LogP contribution < -0.4 is 4.90 Å². The molecule has 6 heteroatoms. The summed E-state index contributed by atoms with van der Waals surface area (Å²) in [6, 6.07) is 0.583. The van der Waals surface area contributed by atoms with Crippen molar-refractivity contribution in [3.05, 3.63) is 10.6 Å². The number of rotatable bonds is 6. The van der Waals surface area contributed by atoms with E-state index < -0.39 is 0 Å². The van der Waals surface area contributed by atoms with E-state index in [1.807, 2.05) is 7.05 Å². The van der Waals surface area contributed by atoms with Gasteiger partial charge in [0.25, 0.3) is 0 Å². The second-order valence-corrected chi connectivity index (χ2v) is 6.02. The van der Waals surface area contributed by atoms with Gasteiger partial charge in [0.15, 0.2) is 11.4 Å². The van der Waals surface area contributed by atoms with Crippen molar-refractivity contribution in [3.8, 4) is 0 Å². The molecule has 0 amide bonds. The lowest BCUT2D eigenvalue weighted by atomic mass is 10.2. The summed E-state index contributed by atoms with van der Waals surface area (Å²) < 4.78 is 5.07. The number of carbonyl (C=O) groups is 1. The molecule has 1 aliphatic rings. The Labute approximate surface area is 118 Å². The van der Waals surface area contributed by atoms with Crippen molar-refractivity contribution in [2.45, 2.75) is 25.5 Å². The lowest BCUT2D eigenvalue weighted by molar-refractivity contribution is 0.112. The van der Waals surface area contributed by atoms with E-state index in [0.717, 1.165) is 23.7 Å². The minimum Gasteiger partial charge on any atom is -0.378 e. The van der Waals surface area contributed by atoms with Gasteiger partial charge in [0.1, 0.15) is 0 Å². The normalized spacial score (nSPS) is 19.8. The zero-order chi connectivity index (χ0) is 13.8. The third kappa shape index (κ3) is 3.32. The van der Waals surface area contributed by atoms with Crippen LogP contribution in [-0.2, 0) is 11.3 Å². The van der Waals surface area contributed by atoms with Crippen molar-refractivity contribution >= 4 is 22.8 Å². The molecule has 0 aromatic carbocycles. The van der Waals surface area contributed by atoms with Gasteiger partial charge in [-0.1, -0.05) is 11.3 Å². The highest BCUT2D eigenvalue weighted by Crippen LogP contribution is 2.26. The SMILES string of the molecule is COCc1nc(N(C)CC2CCCN2C)sc1C=O. The molecule has 0 saturated carbocycles. The Balaban J connectivity index is 2.05. The summed E-state index contributed by atoms with van der Waals surface area (Å²) in [5, 5.41) is 0.898. The largest absolute Gasteiger partial charge is 0.378 e. The molecule has 1 atom stereocenters. The predicted molar refractivity (Wildman–Crippen MR) is 77.1 cm³/mol. The Morgan fingerprint density at radius 3 is 3.00 bits per heavy atom. The number of anilines is 1. The van der Waals surface area contributed by atoms with Crippen LogP contribution in [0.3, 0.4) is 0 Å². The number of aromatic nitrogens is 1. The quantitative estimate of drug-likeness (QED) is 0.743. The van der Waals surface area contributed by atoms with E-state index in [-0.39, 0.29) is 0 Å². The van der Waals surface area contributed by atoms with Gasteiger partial charge >= 0.3 is 0 Å². The van der Waals surface area contributed by atoms with E-state index in [2.05, 4.69) is 21.8 Å². The molecule has 19 heavy (non-hydrogen) atoms. The Kier molecular flexibility index (Phi) is 4.90. The van der Waals surface area contributed by atoms with Crippen molar-refractivity contribution in [1.82, 2.24) is 9.88 Å². The van der Waals surface area contributed by atoms with Crippen LogP contribution in [0.15, 0.2) is 0 Å². The molecule has 1 fully saturated rings. The molecule has 0 aliphatic carbocycles. The van der Waals surface area contributed by atoms with Crippen molar-refractivity contribution in [2.75, 3.05) is 39.2 Å². The third-order valence-electron chi connectivity index (χ3n) is 3.59. The van der Waals surface area contributed by atoms with Crippen LogP contribution in [0, 0.1) is 0 Å². The van der Waals surface area contributed by atoms with Gasteiger partial charge in [-0.25, -0.2) is 4.98 Å². The fourth-order valence-electron chi connectivity index (χ4n) is 2.45. The number of methoxy groups -OCH3 is 1. The molecule has 0 radical (unpaired) electrons. The monoisotopic (exact) mass is 283 g/mol. The second-order valence-electron chi connectivity index (χ2n) is 5.02. The van der Waals surface area contributed by atoms with E-state index in [0.29, 0.717) is 17.5 Å². The van der Waals surface area contributed by atoms with E-state index in [4.69, 9.17) is 4.74 Å². The second kappa shape index (κ2) is 6.45. The molecule has 5 nitrogen and oxygen atoms in total. The average molecular weight is 283 g/mol. The van der Waals surface area contributed by atoms with Crippen LogP contribution in [0.5, 0.6) is 0 Å². The summed E-state index contributed by atoms with van der Waals surface area (Å²) >= 11 is 1.44. The van der Waals surface area contributed by atoms with Crippen molar-refractivity contribution in [1.29, 1.82) is 0 Å². The molecule has 1 aliphatic heterocycles. The fraction of sp³-hybridized carbons (Fsp3) is 0.692. The number of likely N-dealkylation sites (tertiary alicyclic amines) is 1. The number of likely N-dealkylation sites (N-methyl/N-ethyl adjacent to an activating group) is 2. The van der Waals surface area contributed by atoms with E-state index >= 15 is 0 Å². The summed E-state index contributed by atoms with van der Waals surface area (Å²) in [4.78, 5) is 20.7. The van der Waals surface area contributed by atoms with Crippen LogP contribution in [0.4, 0.5) is 5.13 Å². The summed E-state index contributed by atoms with van der Waals surface area (Å²) in [5.74, 6) is 0. The highest BCUT2D eigenvalue weighted by Gasteiger charge is 2.23. The molecule has 1 aromatic heterocycles. The van der Waals surface area contributed by atoms with E-state index in [9.17, 15) is 4.79 Å². The lowest BCUT2D eigenvalue weighted by Crippen LogP contribution is -2.36. The van der Waals surface area contributed by atoms with Gasteiger partial charge in [-0.2, -0.15) is 0 Å². The van der Waals surface area contributed by atoms with Crippen LogP contribution in [0.1, 0.15) is 28.2 Å². The van der Waals surface area contributed by atoms with Crippen molar-refractivity contribution in [2.24, 2.45) is 0 Å². The van der Waals surface area contributed by atoms with Gasteiger partial charge in [-0.15, -0.1) is 0 Å². The third-order valence-corrected chi connectivity index (χ3v) is 4.72. The Morgan fingerprint density at radius 1 is 1.63 bits per heavy atom. The number of ether oxygens (including phenoxy) is 1. The number of nitrogens with zero attached hydrogens (tertiary/aromatic N) is 3. The molecule has 2 heterocycles. The molecular weight excluding hydrogens is 262 g/mol. The molecule has 1 saturated heterocycles. The molecule has 1 aromatic rings. The van der Waals surface area contributed by atoms with Crippen LogP contribution in [0.2, 0.25) is 0 Å². The maximum atomic E-state index is 11.0. The molecule has 2 rings (SSSR count). The van der Waals surface area contributed by atoms with Gasteiger partial charge in [0, 0.05) is 26.7 Å². The van der Waals surface area contributed by atoms with Crippen molar-refractivity contribution < 1.29 is 9.53 Å². The smallest absolute Gasteiger partial charge is 0.186 e. The summed E-state index contributed by atoms with van der Waals surface area (Å²) in [6.45, 7) is 2.52. The van der Waals surface area contributed by atoms with Crippen LogP contribution in [-0.4, -0.2) is 56.5 Å². The minimum absolute atomic E-state index is 0.391. The number of carbonyl (C=O) groups excluding carboxylic acids is 1. The molecular formula is C13H21N3O2S.